The van der Waals surface area contributed by atoms with Gasteiger partial charge in [0, 0.05) is 67.7 Å². The Morgan fingerprint density at radius 3 is 2.54 bits per heavy atom. The van der Waals surface area contributed by atoms with Crippen molar-refractivity contribution in [3.8, 4) is 11.3 Å². The van der Waals surface area contributed by atoms with Gasteiger partial charge in [0.15, 0.2) is 11.5 Å². The van der Waals surface area contributed by atoms with Gasteiger partial charge in [0.1, 0.15) is 0 Å². The molecular weight excluding hydrogens is 486 g/mol. The van der Waals surface area contributed by atoms with Gasteiger partial charge in [-0.1, -0.05) is 38.1 Å². The molecule has 3 aromatic rings. The first kappa shape index (κ1) is 25.6. The molecule has 6 rings (SSSR count). The molecule has 0 radical (unpaired) electrons. The Morgan fingerprint density at radius 1 is 1.10 bits per heavy atom. The van der Waals surface area contributed by atoms with Crippen LogP contribution in [0.15, 0.2) is 60.6 Å². The number of benzene rings is 1. The molecule has 0 spiro atoms. The van der Waals surface area contributed by atoms with Crippen molar-refractivity contribution in [3.63, 3.8) is 0 Å². The van der Waals surface area contributed by atoms with Crippen molar-refractivity contribution in [1.29, 1.82) is 0 Å². The molecule has 2 aromatic heterocycles. The Balaban J connectivity index is 1.28. The summed E-state index contributed by atoms with van der Waals surface area (Å²) in [6, 6.07) is 8.18. The lowest BCUT2D eigenvalue weighted by molar-refractivity contribution is 0.0951. The molecule has 1 saturated heterocycles. The summed E-state index contributed by atoms with van der Waals surface area (Å²) < 4.78 is 2.15. The van der Waals surface area contributed by atoms with Gasteiger partial charge in [-0.2, -0.15) is 0 Å². The zero-order valence-corrected chi connectivity index (χ0v) is 23.2. The molecule has 1 aliphatic heterocycles. The van der Waals surface area contributed by atoms with E-state index in [1.54, 1.807) is 0 Å². The van der Waals surface area contributed by atoms with Crippen LogP contribution < -0.4 is 10.6 Å². The predicted molar refractivity (Wildman–Crippen MR) is 156 cm³/mol. The van der Waals surface area contributed by atoms with Crippen LogP contribution in [0, 0.1) is 5.92 Å². The lowest BCUT2D eigenvalue weighted by Crippen LogP contribution is -2.43. The highest BCUT2D eigenvalue weighted by atomic mass is 16.1. The lowest BCUT2D eigenvalue weighted by Gasteiger charge is -2.35. The van der Waals surface area contributed by atoms with E-state index in [2.05, 4.69) is 70.2 Å². The summed E-state index contributed by atoms with van der Waals surface area (Å²) in [5.41, 5.74) is 5.87. The van der Waals surface area contributed by atoms with Gasteiger partial charge in [-0.15, -0.1) is 0 Å². The maximum atomic E-state index is 12.5. The van der Waals surface area contributed by atoms with Crippen molar-refractivity contribution in [1.82, 2.24) is 29.5 Å². The van der Waals surface area contributed by atoms with Crippen molar-refractivity contribution in [2.24, 2.45) is 5.92 Å². The summed E-state index contributed by atoms with van der Waals surface area (Å²) in [5.74, 6) is 1.51. The van der Waals surface area contributed by atoms with Crippen molar-refractivity contribution >= 4 is 17.4 Å². The second-order valence-electron chi connectivity index (χ2n) is 11.6. The van der Waals surface area contributed by atoms with Crippen LogP contribution in [0.4, 0.5) is 5.82 Å². The van der Waals surface area contributed by atoms with E-state index >= 15 is 0 Å². The number of hydrogen-bond acceptors (Lipinski definition) is 6. The highest BCUT2D eigenvalue weighted by molar-refractivity contribution is 5.95. The molecule has 2 aliphatic carbocycles. The third-order valence-corrected chi connectivity index (χ3v) is 7.87. The van der Waals surface area contributed by atoms with Crippen LogP contribution in [0.5, 0.6) is 0 Å². The Morgan fingerprint density at radius 2 is 1.87 bits per heavy atom. The predicted octanol–water partition coefficient (Wildman–Crippen LogP) is 4.53. The fourth-order valence-corrected chi connectivity index (χ4v) is 5.23. The Bertz CT molecular complexity index is 1390. The van der Waals surface area contributed by atoms with Crippen LogP contribution in [0.25, 0.3) is 16.9 Å². The first-order valence-corrected chi connectivity index (χ1v) is 14.3. The number of piperazine rings is 1. The molecule has 1 unspecified atom stereocenters. The minimum Gasteiger partial charge on any atom is -0.369 e. The quantitative estimate of drug-likeness (QED) is 0.450. The normalized spacial score (nSPS) is 19.9. The Labute approximate surface area is 230 Å². The number of nitrogens with zero attached hydrogens (tertiary/aromatic N) is 5. The third kappa shape index (κ3) is 5.71. The van der Waals surface area contributed by atoms with Gasteiger partial charge in [-0.05, 0) is 50.4 Å². The monoisotopic (exact) mass is 525 g/mol. The van der Waals surface area contributed by atoms with Crippen molar-refractivity contribution in [2.45, 2.75) is 45.1 Å². The Hall–Kier alpha value is -3.65. The van der Waals surface area contributed by atoms with Crippen LogP contribution in [-0.4, -0.2) is 75.9 Å². The van der Waals surface area contributed by atoms with Crippen LogP contribution in [0.3, 0.4) is 0 Å². The fourth-order valence-electron chi connectivity index (χ4n) is 5.23. The number of hydrogen-bond donors (Lipinski definition) is 2. The molecule has 1 saturated carbocycles. The van der Waals surface area contributed by atoms with Gasteiger partial charge in [-0.25, -0.2) is 9.97 Å². The van der Waals surface area contributed by atoms with E-state index in [0.29, 0.717) is 17.5 Å². The average molecular weight is 526 g/mol. The number of fused-ring (bicyclic) bond motifs is 1. The highest BCUT2D eigenvalue weighted by Gasteiger charge is 2.24. The highest BCUT2D eigenvalue weighted by Crippen LogP contribution is 2.31. The summed E-state index contributed by atoms with van der Waals surface area (Å²) in [6.45, 7) is 9.57. The number of allylic oxidation sites excluding steroid dienone is 3. The topological polar surface area (TPSA) is 77.8 Å². The summed E-state index contributed by atoms with van der Waals surface area (Å²) in [5, 5.41) is 6.61. The number of aromatic nitrogens is 3. The summed E-state index contributed by atoms with van der Waals surface area (Å²) in [6.07, 6.45) is 14.1. The number of rotatable bonds is 8. The van der Waals surface area contributed by atoms with Gasteiger partial charge in [0.25, 0.3) is 5.91 Å². The van der Waals surface area contributed by atoms with Gasteiger partial charge in [0.05, 0.1) is 17.6 Å². The number of carbonyl (C=O) groups excluding carboxylic acids is 1. The van der Waals surface area contributed by atoms with Crippen LogP contribution in [0.1, 0.15) is 55.1 Å². The summed E-state index contributed by atoms with van der Waals surface area (Å²) >= 11 is 0. The molecule has 1 atom stereocenters. The molecule has 2 fully saturated rings. The maximum absolute atomic E-state index is 12.5. The van der Waals surface area contributed by atoms with E-state index in [1.165, 1.54) is 5.70 Å². The van der Waals surface area contributed by atoms with Crippen LogP contribution in [-0.2, 0) is 0 Å². The Kier molecular flexibility index (Phi) is 7.12. The van der Waals surface area contributed by atoms with Crippen LogP contribution in [0.2, 0.25) is 0 Å². The SMILES string of the molecule is CC(C)CNc1nc(C2C=CC(N3CCN(C)CC3)=CC2)cn2c(-c3ccc(C(=O)NC4CC4)cc3)cnc12. The van der Waals surface area contributed by atoms with Gasteiger partial charge in [-0.3, -0.25) is 9.20 Å². The standard InChI is InChI=1S/C31H39N7O/c1-21(2)18-32-29-30-33-19-28(23-4-6-24(7-5-23)31(39)34-25-10-11-25)38(30)20-27(35-29)22-8-12-26(13-9-22)37-16-14-36(3)15-17-37/h4-8,12-13,19-22,25H,9-11,14-18H2,1-3H3,(H,32,35)(H,34,39). The minimum atomic E-state index is 0.00179. The molecular formula is C31H39N7O. The second kappa shape index (κ2) is 10.8. The number of imidazole rings is 1. The minimum absolute atomic E-state index is 0.00179. The molecule has 204 valence electrons. The average Bonchev–Trinajstić information content (AvgIpc) is 3.67. The first-order valence-electron chi connectivity index (χ1n) is 14.3. The largest absolute Gasteiger partial charge is 0.369 e. The van der Waals surface area contributed by atoms with E-state index in [-0.39, 0.29) is 11.8 Å². The fraction of sp³-hybridized carbons (Fsp3) is 0.452. The number of anilines is 1. The zero-order valence-electron chi connectivity index (χ0n) is 23.2. The molecule has 2 N–H and O–H groups in total. The number of amides is 1. The van der Waals surface area contributed by atoms with Gasteiger partial charge in [0.2, 0.25) is 0 Å². The number of nitrogens with one attached hydrogen (secondary N) is 2. The number of likely N-dealkylation sites (N-methyl/N-ethyl adjacent to an activating group) is 1. The summed E-state index contributed by atoms with van der Waals surface area (Å²) in [4.78, 5) is 27.2. The van der Waals surface area contributed by atoms with E-state index in [0.717, 1.165) is 80.4 Å². The second-order valence-corrected chi connectivity index (χ2v) is 11.6. The first-order chi connectivity index (χ1) is 18.9. The van der Waals surface area contributed by atoms with Crippen molar-refractivity contribution in [3.05, 3.63) is 71.8 Å². The molecule has 1 amide bonds. The van der Waals surface area contributed by atoms with E-state index in [9.17, 15) is 4.79 Å². The van der Waals surface area contributed by atoms with Crippen molar-refractivity contribution in [2.75, 3.05) is 45.1 Å². The van der Waals surface area contributed by atoms with E-state index < -0.39 is 0 Å². The lowest BCUT2D eigenvalue weighted by atomic mass is 9.95. The van der Waals surface area contributed by atoms with E-state index in [4.69, 9.17) is 9.97 Å². The smallest absolute Gasteiger partial charge is 0.251 e. The number of carbonyl (C=O) groups is 1. The third-order valence-electron chi connectivity index (χ3n) is 7.87. The van der Waals surface area contributed by atoms with Gasteiger partial charge < -0.3 is 20.4 Å². The molecule has 8 nitrogen and oxygen atoms in total. The molecule has 8 heteroatoms. The molecule has 3 heterocycles. The zero-order chi connectivity index (χ0) is 26.9. The van der Waals surface area contributed by atoms with Crippen molar-refractivity contribution < 1.29 is 4.79 Å². The molecule has 0 bridgehead atoms. The van der Waals surface area contributed by atoms with Crippen LogP contribution >= 0.6 is 0 Å². The van der Waals surface area contributed by atoms with Gasteiger partial charge >= 0.3 is 0 Å². The maximum Gasteiger partial charge on any atom is 0.251 e. The molecule has 39 heavy (non-hydrogen) atoms. The molecule has 1 aromatic carbocycles. The molecule has 3 aliphatic rings. The van der Waals surface area contributed by atoms with E-state index in [1.807, 2.05) is 30.5 Å². The summed E-state index contributed by atoms with van der Waals surface area (Å²) in [7, 11) is 2.19.